The summed E-state index contributed by atoms with van der Waals surface area (Å²) in [7, 11) is 1.15. The van der Waals surface area contributed by atoms with Crippen LogP contribution in [0.5, 0.6) is 0 Å². The van der Waals surface area contributed by atoms with E-state index in [0.717, 1.165) is 18.0 Å². The third-order valence-electron chi connectivity index (χ3n) is 3.02. The molecular weight excluding hydrogens is 276 g/mol. The Morgan fingerprint density at radius 1 is 1.33 bits per heavy atom. The van der Waals surface area contributed by atoms with Crippen molar-refractivity contribution in [3.8, 4) is 0 Å². The summed E-state index contributed by atoms with van der Waals surface area (Å²) < 4.78 is 4.41. The molecular formula is C14H14N2O5. The molecule has 0 aliphatic heterocycles. The zero-order valence-electron chi connectivity index (χ0n) is 11.3. The Kier molecular flexibility index (Phi) is 4.22. The average molecular weight is 290 g/mol. The van der Waals surface area contributed by atoms with Crippen molar-refractivity contribution >= 4 is 28.7 Å². The Morgan fingerprint density at radius 3 is 2.76 bits per heavy atom. The van der Waals surface area contributed by atoms with E-state index in [4.69, 9.17) is 5.11 Å². The van der Waals surface area contributed by atoms with Crippen molar-refractivity contribution in [3.63, 3.8) is 0 Å². The van der Waals surface area contributed by atoms with Crippen molar-refractivity contribution in [2.75, 3.05) is 7.11 Å². The number of benzene rings is 1. The number of carbonyl (C=O) groups is 3. The molecule has 1 aromatic carbocycles. The van der Waals surface area contributed by atoms with Gasteiger partial charge in [0.1, 0.15) is 6.04 Å². The van der Waals surface area contributed by atoms with E-state index in [-0.39, 0.29) is 0 Å². The summed E-state index contributed by atoms with van der Waals surface area (Å²) in [5, 5.41) is 12.3. The smallest absolute Gasteiger partial charge is 0.326 e. The molecule has 0 fully saturated rings. The van der Waals surface area contributed by atoms with Gasteiger partial charge >= 0.3 is 11.9 Å². The number of nitrogens with one attached hydrogen (secondary N) is 2. The molecule has 21 heavy (non-hydrogen) atoms. The maximum absolute atomic E-state index is 12.1. The first-order valence-electron chi connectivity index (χ1n) is 6.19. The summed E-state index contributed by atoms with van der Waals surface area (Å²) in [6.07, 6.45) is 1.31. The molecule has 110 valence electrons. The standard InChI is InChI=1S/C14H14N2O5/c1-21-12(17)7-11(14(19)20)16-13(18)9-3-2-8-4-5-15-10(8)6-9/h2-6,11,15H,7H2,1H3,(H,16,18)(H,19,20)/t11-/m0/s1. The fraction of sp³-hybridized carbons (Fsp3) is 0.214. The van der Waals surface area contributed by atoms with E-state index in [0.29, 0.717) is 5.56 Å². The first-order valence-corrected chi connectivity index (χ1v) is 6.19. The molecule has 1 atom stereocenters. The molecule has 3 N–H and O–H groups in total. The van der Waals surface area contributed by atoms with Gasteiger partial charge in [0, 0.05) is 17.3 Å². The van der Waals surface area contributed by atoms with Gasteiger partial charge in [-0.25, -0.2) is 4.79 Å². The Labute approximate surface area is 119 Å². The van der Waals surface area contributed by atoms with E-state index >= 15 is 0 Å². The second kappa shape index (κ2) is 6.08. The first-order chi connectivity index (χ1) is 10.0. The highest BCUT2D eigenvalue weighted by Gasteiger charge is 2.24. The van der Waals surface area contributed by atoms with Gasteiger partial charge in [0.2, 0.25) is 0 Å². The van der Waals surface area contributed by atoms with Crippen LogP contribution in [0, 0.1) is 0 Å². The van der Waals surface area contributed by atoms with Gasteiger partial charge in [-0.1, -0.05) is 6.07 Å². The molecule has 7 heteroatoms. The predicted molar refractivity (Wildman–Crippen MR) is 73.8 cm³/mol. The molecule has 0 saturated heterocycles. The van der Waals surface area contributed by atoms with Gasteiger partial charge in [-0.3, -0.25) is 9.59 Å². The van der Waals surface area contributed by atoms with Gasteiger partial charge in [-0.2, -0.15) is 0 Å². The second-order valence-electron chi connectivity index (χ2n) is 4.42. The van der Waals surface area contributed by atoms with Crippen molar-refractivity contribution in [1.82, 2.24) is 10.3 Å². The number of ether oxygens (including phenoxy) is 1. The van der Waals surface area contributed by atoms with Crippen LogP contribution in [0.4, 0.5) is 0 Å². The van der Waals surface area contributed by atoms with Crippen molar-refractivity contribution in [2.45, 2.75) is 12.5 Å². The van der Waals surface area contributed by atoms with Crippen LogP contribution >= 0.6 is 0 Å². The Balaban J connectivity index is 2.14. The number of hydrogen-bond donors (Lipinski definition) is 3. The fourth-order valence-electron chi connectivity index (χ4n) is 1.88. The molecule has 0 aliphatic carbocycles. The molecule has 2 aromatic rings. The Morgan fingerprint density at radius 2 is 2.10 bits per heavy atom. The fourth-order valence-corrected chi connectivity index (χ4v) is 1.88. The number of hydrogen-bond acceptors (Lipinski definition) is 4. The highest BCUT2D eigenvalue weighted by molar-refractivity contribution is 6.00. The van der Waals surface area contributed by atoms with E-state index in [2.05, 4.69) is 15.0 Å². The average Bonchev–Trinajstić information content (AvgIpc) is 2.93. The molecule has 0 unspecified atom stereocenters. The number of carbonyl (C=O) groups excluding carboxylic acids is 2. The lowest BCUT2D eigenvalue weighted by molar-refractivity contribution is -0.147. The number of H-pyrrole nitrogens is 1. The van der Waals surface area contributed by atoms with Crippen LogP contribution in [0.3, 0.4) is 0 Å². The summed E-state index contributed by atoms with van der Waals surface area (Å²) in [5.41, 5.74) is 1.07. The normalized spacial score (nSPS) is 11.9. The number of rotatable bonds is 5. The molecule has 0 radical (unpaired) electrons. The van der Waals surface area contributed by atoms with Gasteiger partial charge in [0.25, 0.3) is 5.91 Å². The second-order valence-corrected chi connectivity index (χ2v) is 4.42. The minimum Gasteiger partial charge on any atom is -0.480 e. The number of aromatic amines is 1. The largest absolute Gasteiger partial charge is 0.480 e. The Hall–Kier alpha value is -2.83. The molecule has 1 heterocycles. The lowest BCUT2D eigenvalue weighted by Crippen LogP contribution is -2.42. The van der Waals surface area contributed by atoms with E-state index < -0.39 is 30.3 Å². The molecule has 1 amide bonds. The van der Waals surface area contributed by atoms with Gasteiger partial charge < -0.3 is 20.1 Å². The zero-order valence-corrected chi connectivity index (χ0v) is 11.3. The summed E-state index contributed by atoms with van der Waals surface area (Å²) in [6, 6.07) is 5.47. The van der Waals surface area contributed by atoms with Crippen LogP contribution in [0.15, 0.2) is 30.5 Å². The molecule has 0 saturated carbocycles. The number of carboxylic acids is 1. The van der Waals surface area contributed by atoms with Crippen molar-refractivity contribution in [1.29, 1.82) is 0 Å². The molecule has 0 bridgehead atoms. The summed E-state index contributed by atoms with van der Waals surface area (Å²) in [4.78, 5) is 37.2. The predicted octanol–water partition coefficient (Wildman–Crippen LogP) is 0.914. The monoisotopic (exact) mass is 290 g/mol. The zero-order chi connectivity index (χ0) is 15.4. The van der Waals surface area contributed by atoms with Crippen LogP contribution in [0.25, 0.3) is 10.9 Å². The molecule has 0 aliphatic rings. The summed E-state index contributed by atoms with van der Waals surface area (Å²) >= 11 is 0. The molecule has 7 nitrogen and oxygen atoms in total. The highest BCUT2D eigenvalue weighted by Crippen LogP contribution is 2.14. The van der Waals surface area contributed by atoms with Gasteiger partial charge in [-0.15, -0.1) is 0 Å². The highest BCUT2D eigenvalue weighted by atomic mass is 16.5. The van der Waals surface area contributed by atoms with Gasteiger partial charge in [0.05, 0.1) is 13.5 Å². The number of aromatic nitrogens is 1. The third-order valence-corrected chi connectivity index (χ3v) is 3.02. The number of aliphatic carboxylic acids is 1. The van der Waals surface area contributed by atoms with E-state index in [9.17, 15) is 14.4 Å². The number of carboxylic acid groups (broad SMARTS) is 1. The van der Waals surface area contributed by atoms with E-state index in [1.165, 1.54) is 0 Å². The molecule has 2 rings (SSSR count). The topological polar surface area (TPSA) is 108 Å². The lowest BCUT2D eigenvalue weighted by atomic mass is 10.1. The maximum atomic E-state index is 12.1. The summed E-state index contributed by atoms with van der Waals surface area (Å²) in [5.74, 6) is -2.57. The van der Waals surface area contributed by atoms with Gasteiger partial charge in [0.15, 0.2) is 0 Å². The minimum atomic E-state index is -1.33. The number of fused-ring (bicyclic) bond motifs is 1. The van der Waals surface area contributed by atoms with Crippen LogP contribution in [0.1, 0.15) is 16.8 Å². The van der Waals surface area contributed by atoms with Crippen LogP contribution < -0.4 is 5.32 Å². The SMILES string of the molecule is COC(=O)C[C@H](NC(=O)c1ccc2cc[nH]c2c1)C(=O)O. The first kappa shape index (κ1) is 14.6. The third kappa shape index (κ3) is 3.38. The quantitative estimate of drug-likeness (QED) is 0.709. The minimum absolute atomic E-state index is 0.307. The van der Waals surface area contributed by atoms with Crippen LogP contribution in [-0.2, 0) is 14.3 Å². The van der Waals surface area contributed by atoms with Crippen LogP contribution in [0.2, 0.25) is 0 Å². The van der Waals surface area contributed by atoms with Crippen molar-refractivity contribution in [2.24, 2.45) is 0 Å². The number of methoxy groups -OCH3 is 1. The van der Waals surface area contributed by atoms with Crippen LogP contribution in [-0.4, -0.2) is 41.1 Å². The maximum Gasteiger partial charge on any atom is 0.326 e. The molecule has 1 aromatic heterocycles. The van der Waals surface area contributed by atoms with Gasteiger partial charge in [-0.05, 0) is 23.6 Å². The number of amides is 1. The van der Waals surface area contributed by atoms with Crippen molar-refractivity contribution < 1.29 is 24.2 Å². The Bertz CT molecular complexity index is 691. The lowest BCUT2D eigenvalue weighted by Gasteiger charge is -2.13. The van der Waals surface area contributed by atoms with E-state index in [1.54, 1.807) is 24.4 Å². The number of esters is 1. The van der Waals surface area contributed by atoms with Crippen molar-refractivity contribution in [3.05, 3.63) is 36.0 Å². The summed E-state index contributed by atoms with van der Waals surface area (Å²) in [6.45, 7) is 0. The van der Waals surface area contributed by atoms with E-state index in [1.807, 2.05) is 6.07 Å². The molecule has 0 spiro atoms.